The molecular formula is C18H26O4. The van der Waals surface area contributed by atoms with E-state index >= 15 is 0 Å². The van der Waals surface area contributed by atoms with Gasteiger partial charge in [-0.2, -0.15) is 0 Å². The number of ether oxygens (including phenoxy) is 2. The average molecular weight is 306 g/mol. The molecule has 0 aromatic rings. The summed E-state index contributed by atoms with van der Waals surface area (Å²) in [4.78, 5) is 22.9. The molecule has 122 valence electrons. The van der Waals surface area contributed by atoms with Crippen LogP contribution in [0.5, 0.6) is 0 Å². The van der Waals surface area contributed by atoms with Gasteiger partial charge in [0.2, 0.25) is 0 Å². The summed E-state index contributed by atoms with van der Waals surface area (Å²) in [6.07, 6.45) is 9.46. The fraction of sp³-hybridized carbons (Fsp3) is 0.778. The maximum absolute atomic E-state index is 11.5. The molecule has 2 fully saturated rings. The molecule has 0 unspecified atom stereocenters. The Labute approximate surface area is 132 Å². The van der Waals surface area contributed by atoms with Crippen LogP contribution < -0.4 is 0 Å². The van der Waals surface area contributed by atoms with Gasteiger partial charge in [-0.05, 0) is 51.4 Å². The lowest BCUT2D eigenvalue weighted by Gasteiger charge is -2.34. The van der Waals surface area contributed by atoms with Crippen LogP contribution in [0.15, 0.2) is 0 Å². The lowest BCUT2D eigenvalue weighted by Crippen LogP contribution is -2.39. The lowest BCUT2D eigenvalue weighted by atomic mass is 9.81. The minimum Gasteiger partial charge on any atom is -0.446 e. The van der Waals surface area contributed by atoms with Crippen molar-refractivity contribution in [3.8, 4) is 11.8 Å². The second kappa shape index (κ2) is 7.17. The van der Waals surface area contributed by atoms with Gasteiger partial charge in [0, 0.05) is 13.8 Å². The molecule has 0 aromatic heterocycles. The topological polar surface area (TPSA) is 52.6 Å². The Kier molecular flexibility index (Phi) is 5.50. The smallest absolute Gasteiger partial charge is 0.304 e. The van der Waals surface area contributed by atoms with Gasteiger partial charge in [-0.3, -0.25) is 9.59 Å². The van der Waals surface area contributed by atoms with Gasteiger partial charge in [0.25, 0.3) is 0 Å². The van der Waals surface area contributed by atoms with E-state index in [1.54, 1.807) is 0 Å². The maximum atomic E-state index is 11.5. The minimum atomic E-state index is -0.686. The number of hydrogen-bond donors (Lipinski definition) is 0. The summed E-state index contributed by atoms with van der Waals surface area (Å²) in [5, 5.41) is 0. The molecule has 0 atom stereocenters. The van der Waals surface area contributed by atoms with Crippen molar-refractivity contribution < 1.29 is 19.1 Å². The molecule has 2 saturated carbocycles. The van der Waals surface area contributed by atoms with E-state index in [0.29, 0.717) is 0 Å². The van der Waals surface area contributed by atoms with Gasteiger partial charge >= 0.3 is 11.9 Å². The van der Waals surface area contributed by atoms with Crippen molar-refractivity contribution in [2.75, 3.05) is 0 Å². The number of rotatable bonds is 2. The van der Waals surface area contributed by atoms with Gasteiger partial charge in [-0.15, -0.1) is 0 Å². The molecule has 0 aliphatic heterocycles. The predicted octanol–water partition coefficient (Wildman–Crippen LogP) is 3.52. The second-order valence-electron chi connectivity index (χ2n) is 6.55. The maximum Gasteiger partial charge on any atom is 0.304 e. The molecule has 0 bridgehead atoms. The Hall–Kier alpha value is -1.50. The molecule has 22 heavy (non-hydrogen) atoms. The van der Waals surface area contributed by atoms with Crippen LogP contribution in [0.1, 0.15) is 78.1 Å². The molecule has 4 nitrogen and oxygen atoms in total. The Morgan fingerprint density at radius 1 is 0.682 bits per heavy atom. The largest absolute Gasteiger partial charge is 0.446 e. The number of carbonyl (C=O) groups excluding carboxylic acids is 2. The first-order valence-corrected chi connectivity index (χ1v) is 8.39. The van der Waals surface area contributed by atoms with Crippen LogP contribution in [0.3, 0.4) is 0 Å². The highest BCUT2D eigenvalue weighted by molar-refractivity contribution is 5.68. The summed E-state index contributed by atoms with van der Waals surface area (Å²) in [6, 6.07) is 0. The van der Waals surface area contributed by atoms with Crippen molar-refractivity contribution in [1.82, 2.24) is 0 Å². The fourth-order valence-corrected chi connectivity index (χ4v) is 3.53. The van der Waals surface area contributed by atoms with E-state index in [1.165, 1.54) is 13.8 Å². The number of carbonyl (C=O) groups is 2. The van der Waals surface area contributed by atoms with Crippen molar-refractivity contribution in [2.24, 2.45) is 0 Å². The Balaban J connectivity index is 2.23. The summed E-state index contributed by atoms with van der Waals surface area (Å²) in [5.41, 5.74) is -1.37. The van der Waals surface area contributed by atoms with E-state index in [0.717, 1.165) is 64.2 Å². The highest BCUT2D eigenvalue weighted by atomic mass is 16.6. The standard InChI is InChI=1S/C18H26O4/c1-15(19)21-17(9-5-3-6-10-17)13-14-18(22-16(2)20)11-7-4-8-12-18/h3-12H2,1-2H3. The molecule has 0 saturated heterocycles. The van der Waals surface area contributed by atoms with E-state index in [4.69, 9.17) is 9.47 Å². The molecule has 0 radical (unpaired) electrons. The monoisotopic (exact) mass is 306 g/mol. The fourth-order valence-electron chi connectivity index (χ4n) is 3.53. The third kappa shape index (κ3) is 4.50. The highest BCUT2D eigenvalue weighted by Crippen LogP contribution is 2.34. The first-order chi connectivity index (χ1) is 10.5. The van der Waals surface area contributed by atoms with Crippen LogP contribution in [0, 0.1) is 11.8 Å². The normalized spacial score (nSPS) is 22.8. The van der Waals surface area contributed by atoms with Crippen molar-refractivity contribution in [3.05, 3.63) is 0 Å². The van der Waals surface area contributed by atoms with Crippen molar-refractivity contribution in [3.63, 3.8) is 0 Å². The molecule has 0 N–H and O–H groups in total. The molecule has 2 aliphatic carbocycles. The number of hydrogen-bond acceptors (Lipinski definition) is 4. The summed E-state index contributed by atoms with van der Waals surface area (Å²) in [7, 11) is 0. The molecule has 0 aromatic carbocycles. The summed E-state index contributed by atoms with van der Waals surface area (Å²) in [5.74, 6) is 5.84. The van der Waals surface area contributed by atoms with Crippen LogP contribution in [-0.2, 0) is 19.1 Å². The van der Waals surface area contributed by atoms with Gasteiger partial charge in [-0.25, -0.2) is 0 Å². The van der Waals surface area contributed by atoms with Gasteiger partial charge in [-0.1, -0.05) is 24.7 Å². The second-order valence-corrected chi connectivity index (χ2v) is 6.55. The number of esters is 2. The zero-order chi connectivity index (χ0) is 16.1. The van der Waals surface area contributed by atoms with Crippen LogP contribution in [0.25, 0.3) is 0 Å². The van der Waals surface area contributed by atoms with Crippen molar-refractivity contribution in [1.29, 1.82) is 0 Å². The highest BCUT2D eigenvalue weighted by Gasteiger charge is 2.37. The van der Waals surface area contributed by atoms with Crippen LogP contribution >= 0.6 is 0 Å². The van der Waals surface area contributed by atoms with E-state index in [9.17, 15) is 9.59 Å². The third-order valence-electron chi connectivity index (χ3n) is 4.52. The molecule has 2 rings (SSSR count). The van der Waals surface area contributed by atoms with Gasteiger partial charge in [0.1, 0.15) is 0 Å². The first-order valence-electron chi connectivity index (χ1n) is 8.39. The quantitative estimate of drug-likeness (QED) is 0.578. The molecular weight excluding hydrogens is 280 g/mol. The molecule has 0 amide bonds. The SMILES string of the molecule is CC(=O)OC1(C#CC2(OC(C)=O)CCCCC2)CCCCC1. The van der Waals surface area contributed by atoms with E-state index in [-0.39, 0.29) is 11.9 Å². The van der Waals surface area contributed by atoms with Gasteiger partial charge in [0.15, 0.2) is 11.2 Å². The summed E-state index contributed by atoms with van der Waals surface area (Å²) in [6.45, 7) is 2.86. The first kappa shape index (κ1) is 16.9. The zero-order valence-corrected chi connectivity index (χ0v) is 13.7. The van der Waals surface area contributed by atoms with E-state index < -0.39 is 11.2 Å². The Morgan fingerprint density at radius 3 is 1.27 bits per heavy atom. The van der Waals surface area contributed by atoms with Crippen LogP contribution in [0.2, 0.25) is 0 Å². The predicted molar refractivity (Wildman–Crippen MR) is 82.9 cm³/mol. The molecule has 2 aliphatic rings. The van der Waals surface area contributed by atoms with Gasteiger partial charge in [0.05, 0.1) is 0 Å². The average Bonchev–Trinajstić information content (AvgIpc) is 2.46. The summed E-state index contributed by atoms with van der Waals surface area (Å²) >= 11 is 0. The van der Waals surface area contributed by atoms with Gasteiger partial charge < -0.3 is 9.47 Å². The van der Waals surface area contributed by atoms with Crippen molar-refractivity contribution in [2.45, 2.75) is 89.3 Å². The molecule has 4 heteroatoms. The molecule has 0 spiro atoms. The van der Waals surface area contributed by atoms with Crippen molar-refractivity contribution >= 4 is 11.9 Å². The lowest BCUT2D eigenvalue weighted by molar-refractivity contribution is -0.156. The molecule has 0 heterocycles. The Morgan fingerprint density at radius 2 is 1.00 bits per heavy atom. The van der Waals surface area contributed by atoms with E-state index in [2.05, 4.69) is 11.8 Å². The van der Waals surface area contributed by atoms with Crippen LogP contribution in [-0.4, -0.2) is 23.1 Å². The summed E-state index contributed by atoms with van der Waals surface area (Å²) < 4.78 is 11.1. The Bertz CT molecular complexity index is 429. The van der Waals surface area contributed by atoms with E-state index in [1.807, 2.05) is 0 Å². The zero-order valence-electron chi connectivity index (χ0n) is 13.7. The van der Waals surface area contributed by atoms with Crippen LogP contribution in [0.4, 0.5) is 0 Å². The third-order valence-corrected chi connectivity index (χ3v) is 4.52. The minimum absolute atomic E-state index is 0.290.